The molecule has 1 N–H and O–H groups in total. The fourth-order valence-corrected chi connectivity index (χ4v) is 5.12. The molecule has 0 saturated carbocycles. The number of carbonyl (C=O) groups excluding carboxylic acids is 1. The molecule has 0 atom stereocenters. The van der Waals surface area contributed by atoms with Crippen LogP contribution in [0.15, 0.2) is 47.4 Å². The Bertz CT molecular complexity index is 1100. The largest absolute Gasteiger partial charge is 0.416 e. The third kappa shape index (κ3) is 5.04. The van der Waals surface area contributed by atoms with Crippen molar-refractivity contribution < 1.29 is 30.8 Å². The highest BCUT2D eigenvalue weighted by atomic mass is 32.2. The normalized spacial score (nSPS) is 16.1. The molecule has 3 rings (SSSR count). The number of sulfonamides is 1. The average Bonchev–Trinajstić information content (AvgIpc) is 2.73. The van der Waals surface area contributed by atoms with Crippen LogP contribution in [0.1, 0.15) is 18.4 Å². The number of anilines is 2. The van der Waals surface area contributed by atoms with Crippen molar-refractivity contribution in [2.45, 2.75) is 23.9 Å². The first-order valence-corrected chi connectivity index (χ1v) is 11.3. The average molecular weight is 473 g/mol. The molecule has 0 unspecified atom stereocenters. The number of nitrogens with zero attached hydrogens (tertiary/aromatic N) is 2. The fraction of sp³-hybridized carbons (Fsp3) is 0.381. The number of nitrogens with one attached hydrogen (secondary N) is 1. The molecule has 0 radical (unpaired) electrons. The summed E-state index contributed by atoms with van der Waals surface area (Å²) in [7, 11) is -0.759. The molecule has 2 aromatic rings. The highest BCUT2D eigenvalue weighted by molar-refractivity contribution is 7.89. The molecule has 32 heavy (non-hydrogen) atoms. The first-order valence-electron chi connectivity index (χ1n) is 9.85. The van der Waals surface area contributed by atoms with Gasteiger partial charge in [0, 0.05) is 33.1 Å². The molecule has 0 spiro atoms. The van der Waals surface area contributed by atoms with Crippen LogP contribution in [-0.2, 0) is 21.0 Å². The number of alkyl halides is 3. The van der Waals surface area contributed by atoms with E-state index in [2.05, 4.69) is 5.32 Å². The van der Waals surface area contributed by atoms with Gasteiger partial charge in [-0.05, 0) is 43.2 Å². The summed E-state index contributed by atoms with van der Waals surface area (Å²) in [5.41, 5.74) is -0.452. The third-order valence-electron chi connectivity index (χ3n) is 5.34. The molecule has 174 valence electrons. The third-order valence-corrected chi connectivity index (χ3v) is 7.27. The van der Waals surface area contributed by atoms with Crippen LogP contribution in [-0.4, -0.2) is 45.8 Å². The first kappa shape index (κ1) is 24.0. The zero-order chi connectivity index (χ0) is 23.7. The first-order chi connectivity index (χ1) is 14.9. The Balaban J connectivity index is 1.72. The van der Waals surface area contributed by atoms with Crippen LogP contribution in [0.25, 0.3) is 0 Å². The highest BCUT2D eigenvalue weighted by Crippen LogP contribution is 2.35. The molecule has 1 aliphatic rings. The Morgan fingerprint density at radius 3 is 2.28 bits per heavy atom. The van der Waals surface area contributed by atoms with Crippen LogP contribution < -0.4 is 10.2 Å². The lowest BCUT2D eigenvalue weighted by atomic mass is 9.97. The summed E-state index contributed by atoms with van der Waals surface area (Å²) in [5, 5.41) is 2.56. The summed E-state index contributed by atoms with van der Waals surface area (Å²) in [5.74, 6) is -1.94. The Morgan fingerprint density at radius 1 is 1.09 bits per heavy atom. The van der Waals surface area contributed by atoms with E-state index < -0.39 is 44.3 Å². The molecule has 0 aromatic heterocycles. The minimum Gasteiger partial charge on any atom is -0.376 e. The zero-order valence-corrected chi connectivity index (χ0v) is 18.3. The van der Waals surface area contributed by atoms with Gasteiger partial charge >= 0.3 is 6.18 Å². The Labute approximate surface area is 183 Å². The molecule has 1 saturated heterocycles. The molecule has 0 aliphatic carbocycles. The van der Waals surface area contributed by atoms with Crippen molar-refractivity contribution in [3.05, 3.63) is 53.8 Å². The summed E-state index contributed by atoms with van der Waals surface area (Å²) in [6.07, 6.45) is -4.23. The monoisotopic (exact) mass is 473 g/mol. The van der Waals surface area contributed by atoms with E-state index in [1.807, 2.05) is 0 Å². The fourth-order valence-electron chi connectivity index (χ4n) is 3.59. The van der Waals surface area contributed by atoms with Gasteiger partial charge in [-0.1, -0.05) is 12.1 Å². The molecule has 1 amide bonds. The Hall–Kier alpha value is -2.66. The predicted molar refractivity (Wildman–Crippen MR) is 112 cm³/mol. The second-order valence-corrected chi connectivity index (χ2v) is 9.63. The molecule has 1 aliphatic heterocycles. The van der Waals surface area contributed by atoms with Crippen molar-refractivity contribution in [1.29, 1.82) is 0 Å². The number of hydrogen-bond donors (Lipinski definition) is 1. The lowest BCUT2D eigenvalue weighted by Crippen LogP contribution is -2.41. The van der Waals surface area contributed by atoms with Crippen LogP contribution in [0.3, 0.4) is 0 Å². The number of halogens is 4. The second-order valence-electron chi connectivity index (χ2n) is 7.72. The van der Waals surface area contributed by atoms with Crippen molar-refractivity contribution in [1.82, 2.24) is 4.31 Å². The molecular weight excluding hydrogens is 450 g/mol. The predicted octanol–water partition coefficient (Wildman–Crippen LogP) is 3.95. The molecule has 6 nitrogen and oxygen atoms in total. The van der Waals surface area contributed by atoms with Crippen molar-refractivity contribution >= 4 is 27.3 Å². The van der Waals surface area contributed by atoms with E-state index in [4.69, 9.17) is 0 Å². The van der Waals surface area contributed by atoms with Gasteiger partial charge in [0.1, 0.15) is 10.7 Å². The molecule has 11 heteroatoms. The minimum absolute atomic E-state index is 0.00210. The number of rotatable bonds is 5. The Morgan fingerprint density at radius 2 is 1.72 bits per heavy atom. The van der Waals surface area contributed by atoms with Gasteiger partial charge in [-0.25, -0.2) is 12.8 Å². The van der Waals surface area contributed by atoms with Gasteiger partial charge in [0.2, 0.25) is 15.9 Å². The highest BCUT2D eigenvalue weighted by Gasteiger charge is 2.34. The number of hydrogen-bond acceptors (Lipinski definition) is 4. The second kappa shape index (κ2) is 9.07. The minimum atomic E-state index is -4.56. The van der Waals surface area contributed by atoms with E-state index in [1.54, 1.807) is 19.0 Å². The quantitative estimate of drug-likeness (QED) is 0.668. The van der Waals surface area contributed by atoms with Crippen molar-refractivity contribution in [3.63, 3.8) is 0 Å². The lowest BCUT2D eigenvalue weighted by Gasteiger charge is -2.31. The van der Waals surface area contributed by atoms with Gasteiger partial charge < -0.3 is 10.2 Å². The molecule has 1 fully saturated rings. The zero-order valence-electron chi connectivity index (χ0n) is 17.5. The molecule has 1 heterocycles. The van der Waals surface area contributed by atoms with Crippen LogP contribution in [0.4, 0.5) is 28.9 Å². The van der Waals surface area contributed by atoms with Crippen LogP contribution >= 0.6 is 0 Å². The van der Waals surface area contributed by atoms with E-state index in [0.717, 1.165) is 22.5 Å². The summed E-state index contributed by atoms with van der Waals surface area (Å²) in [6, 6.07) is 8.16. The van der Waals surface area contributed by atoms with Crippen molar-refractivity contribution in [3.8, 4) is 0 Å². The maximum absolute atomic E-state index is 14.0. The van der Waals surface area contributed by atoms with Gasteiger partial charge in [0.15, 0.2) is 0 Å². The van der Waals surface area contributed by atoms with Crippen molar-refractivity contribution in [2.24, 2.45) is 5.92 Å². The number of amides is 1. The van der Waals surface area contributed by atoms with Crippen molar-refractivity contribution in [2.75, 3.05) is 37.4 Å². The van der Waals surface area contributed by atoms with E-state index in [-0.39, 0.29) is 31.6 Å². The van der Waals surface area contributed by atoms with Gasteiger partial charge in [-0.3, -0.25) is 4.79 Å². The Kier molecular flexibility index (Phi) is 6.80. The van der Waals surface area contributed by atoms with E-state index in [0.29, 0.717) is 5.69 Å². The lowest BCUT2D eigenvalue weighted by molar-refractivity contribution is -0.137. The van der Waals surface area contributed by atoms with Crippen LogP contribution in [0, 0.1) is 11.7 Å². The topological polar surface area (TPSA) is 69.7 Å². The smallest absolute Gasteiger partial charge is 0.376 e. The summed E-state index contributed by atoms with van der Waals surface area (Å²) >= 11 is 0. The number of benzene rings is 2. The van der Waals surface area contributed by atoms with Gasteiger partial charge in [-0.2, -0.15) is 17.5 Å². The van der Waals surface area contributed by atoms with E-state index in [1.165, 1.54) is 24.3 Å². The van der Waals surface area contributed by atoms with Gasteiger partial charge in [0.25, 0.3) is 0 Å². The summed E-state index contributed by atoms with van der Waals surface area (Å²) < 4.78 is 79.8. The molecular formula is C21H23F4N3O3S. The summed E-state index contributed by atoms with van der Waals surface area (Å²) in [4.78, 5) is 13.9. The van der Waals surface area contributed by atoms with Gasteiger partial charge in [0.05, 0.1) is 16.9 Å². The van der Waals surface area contributed by atoms with E-state index >= 15 is 0 Å². The van der Waals surface area contributed by atoms with Crippen LogP contribution in [0.2, 0.25) is 0 Å². The summed E-state index contributed by atoms with van der Waals surface area (Å²) in [6.45, 7) is -0.00420. The van der Waals surface area contributed by atoms with Gasteiger partial charge in [-0.15, -0.1) is 0 Å². The maximum Gasteiger partial charge on any atom is 0.416 e. The number of carbonyl (C=O) groups is 1. The molecule has 0 bridgehead atoms. The number of piperidine rings is 1. The standard InChI is InChI=1S/C21H23F4N3O3S/c1-27(2)18-8-7-15(21(23,24)25)13-17(18)26-20(29)14-9-11-28(12-10-14)32(30,31)19-6-4-3-5-16(19)22/h3-8,13-14H,9-12H2,1-2H3,(H,26,29). The maximum atomic E-state index is 14.0. The van der Waals surface area contributed by atoms with E-state index in [9.17, 15) is 30.8 Å². The SMILES string of the molecule is CN(C)c1ccc(C(F)(F)F)cc1NC(=O)C1CCN(S(=O)(=O)c2ccccc2F)CC1. The molecule has 2 aromatic carbocycles. The van der Waals surface area contributed by atoms with Crippen LogP contribution in [0.5, 0.6) is 0 Å².